The molecule has 0 spiro atoms. The average molecular weight is 287 g/mol. The maximum absolute atomic E-state index is 13.8. The molecule has 0 amide bonds. The third-order valence-electron chi connectivity index (χ3n) is 2.73. The summed E-state index contributed by atoms with van der Waals surface area (Å²) in [5, 5.41) is 19.7. The first-order chi connectivity index (χ1) is 8.73. The van der Waals surface area contributed by atoms with E-state index in [1.54, 1.807) is 0 Å². The summed E-state index contributed by atoms with van der Waals surface area (Å²) in [7, 11) is 0. The maximum Gasteiger partial charge on any atom is 0.342 e. The number of carboxylic acid groups (broad SMARTS) is 1. The van der Waals surface area contributed by atoms with Crippen LogP contribution in [-0.2, 0) is 0 Å². The van der Waals surface area contributed by atoms with Gasteiger partial charge in [-0.05, 0) is 12.0 Å². The molecule has 0 saturated carbocycles. The average Bonchev–Trinajstić information content (AvgIpc) is 2.30. The molecule has 0 saturated heterocycles. The fourth-order valence-electron chi connectivity index (χ4n) is 1.29. The van der Waals surface area contributed by atoms with Crippen LogP contribution in [0.5, 0.6) is 0 Å². The summed E-state index contributed by atoms with van der Waals surface area (Å²) in [6.45, 7) is 5.80. The van der Waals surface area contributed by atoms with Crippen molar-refractivity contribution < 1.29 is 19.2 Å². The maximum atomic E-state index is 13.8. The zero-order valence-electron chi connectivity index (χ0n) is 10.7. The molecule has 1 N–H and O–H groups in total. The van der Waals surface area contributed by atoms with E-state index in [4.69, 9.17) is 5.11 Å². The Hall–Kier alpha value is -1.63. The molecule has 1 atom stereocenters. The first kappa shape index (κ1) is 15.4. The second-order valence-corrected chi connectivity index (χ2v) is 5.85. The molecule has 1 unspecified atom stereocenters. The van der Waals surface area contributed by atoms with Crippen molar-refractivity contribution in [2.45, 2.75) is 30.9 Å². The van der Waals surface area contributed by atoms with Crippen LogP contribution in [0.3, 0.4) is 0 Å². The zero-order valence-corrected chi connectivity index (χ0v) is 11.5. The lowest BCUT2D eigenvalue weighted by molar-refractivity contribution is -0.385. The summed E-state index contributed by atoms with van der Waals surface area (Å²) >= 11 is 1.17. The number of carboxylic acids is 1. The van der Waals surface area contributed by atoms with Gasteiger partial charge in [-0.2, -0.15) is 0 Å². The second kappa shape index (κ2) is 6.01. The zero-order chi connectivity index (χ0) is 14.7. The number of halogens is 1. The molecule has 104 valence electrons. The van der Waals surface area contributed by atoms with Crippen LogP contribution in [0.15, 0.2) is 17.0 Å². The first-order valence-corrected chi connectivity index (χ1v) is 6.50. The molecule has 1 rings (SSSR count). The van der Waals surface area contributed by atoms with Crippen molar-refractivity contribution in [2.75, 3.05) is 0 Å². The first-order valence-electron chi connectivity index (χ1n) is 5.62. The van der Waals surface area contributed by atoms with Crippen molar-refractivity contribution in [1.29, 1.82) is 0 Å². The molecular weight excluding hydrogens is 273 g/mol. The van der Waals surface area contributed by atoms with E-state index in [0.717, 1.165) is 6.07 Å². The van der Waals surface area contributed by atoms with Gasteiger partial charge in [0.25, 0.3) is 5.69 Å². The van der Waals surface area contributed by atoms with Crippen LogP contribution in [0.1, 0.15) is 31.1 Å². The summed E-state index contributed by atoms with van der Waals surface area (Å²) in [5.74, 6) is -1.94. The highest BCUT2D eigenvalue weighted by atomic mass is 32.2. The summed E-state index contributed by atoms with van der Waals surface area (Å²) in [4.78, 5) is 20.9. The fraction of sp³-hybridized carbons (Fsp3) is 0.417. The molecule has 0 aliphatic heterocycles. The van der Waals surface area contributed by atoms with E-state index in [9.17, 15) is 19.3 Å². The SMILES string of the molecule is CC(C)C(C)Sc1cc(C(=O)O)c([N+](=O)[O-])cc1F. The summed E-state index contributed by atoms with van der Waals surface area (Å²) < 4.78 is 13.8. The number of nitrogens with zero attached hydrogens (tertiary/aromatic N) is 1. The molecule has 5 nitrogen and oxygen atoms in total. The highest BCUT2D eigenvalue weighted by Gasteiger charge is 2.24. The number of aromatic carboxylic acids is 1. The molecule has 7 heteroatoms. The van der Waals surface area contributed by atoms with Crippen LogP contribution in [0, 0.1) is 21.8 Å². The minimum atomic E-state index is -1.44. The molecule has 0 aliphatic carbocycles. The van der Waals surface area contributed by atoms with E-state index in [2.05, 4.69) is 0 Å². The highest BCUT2D eigenvalue weighted by Crippen LogP contribution is 2.33. The molecule has 0 bridgehead atoms. The number of carbonyl (C=O) groups is 1. The van der Waals surface area contributed by atoms with Gasteiger partial charge in [-0.15, -0.1) is 11.8 Å². The van der Waals surface area contributed by atoms with Crippen LogP contribution >= 0.6 is 11.8 Å². The van der Waals surface area contributed by atoms with Crippen LogP contribution in [0.2, 0.25) is 0 Å². The van der Waals surface area contributed by atoms with Gasteiger partial charge in [0, 0.05) is 10.1 Å². The van der Waals surface area contributed by atoms with E-state index in [1.807, 2.05) is 20.8 Å². The Labute approximate surface area is 114 Å². The van der Waals surface area contributed by atoms with E-state index < -0.39 is 28.0 Å². The lowest BCUT2D eigenvalue weighted by atomic mass is 10.1. The Morgan fingerprint density at radius 2 is 2.00 bits per heavy atom. The van der Waals surface area contributed by atoms with Crippen LogP contribution in [-0.4, -0.2) is 21.2 Å². The van der Waals surface area contributed by atoms with E-state index in [1.165, 1.54) is 11.8 Å². The fourth-order valence-corrected chi connectivity index (χ4v) is 2.32. The van der Waals surface area contributed by atoms with Gasteiger partial charge in [0.05, 0.1) is 11.0 Å². The molecule has 1 aromatic rings. The Morgan fingerprint density at radius 1 is 1.42 bits per heavy atom. The number of benzene rings is 1. The topological polar surface area (TPSA) is 80.4 Å². The highest BCUT2D eigenvalue weighted by molar-refractivity contribution is 8.00. The number of nitro benzene ring substituents is 1. The quantitative estimate of drug-likeness (QED) is 0.508. The van der Waals surface area contributed by atoms with Crippen molar-refractivity contribution in [3.05, 3.63) is 33.6 Å². The third-order valence-corrected chi connectivity index (χ3v) is 4.21. The van der Waals surface area contributed by atoms with Gasteiger partial charge < -0.3 is 5.11 Å². The number of rotatable bonds is 5. The molecule has 1 aromatic carbocycles. The predicted octanol–water partition coefficient (Wildman–Crippen LogP) is 3.57. The van der Waals surface area contributed by atoms with Gasteiger partial charge in [0.15, 0.2) is 0 Å². The molecule has 0 aromatic heterocycles. The van der Waals surface area contributed by atoms with E-state index in [-0.39, 0.29) is 16.1 Å². The van der Waals surface area contributed by atoms with Gasteiger partial charge in [-0.25, -0.2) is 9.18 Å². The van der Waals surface area contributed by atoms with Crippen molar-refractivity contribution in [2.24, 2.45) is 5.92 Å². The Morgan fingerprint density at radius 3 is 2.42 bits per heavy atom. The molecular formula is C12H14FNO4S. The lowest BCUT2D eigenvalue weighted by Gasteiger charge is -2.15. The monoisotopic (exact) mass is 287 g/mol. The summed E-state index contributed by atoms with van der Waals surface area (Å²) in [5.41, 5.74) is -1.23. The van der Waals surface area contributed by atoms with Crippen molar-refractivity contribution in [1.82, 2.24) is 0 Å². The molecule has 0 fully saturated rings. The second-order valence-electron chi connectivity index (χ2n) is 4.43. The minimum Gasteiger partial charge on any atom is -0.477 e. The van der Waals surface area contributed by atoms with Crippen molar-refractivity contribution >= 4 is 23.4 Å². The molecule has 0 radical (unpaired) electrons. The lowest BCUT2D eigenvalue weighted by Crippen LogP contribution is -2.08. The molecule has 0 heterocycles. The van der Waals surface area contributed by atoms with Crippen LogP contribution in [0.4, 0.5) is 10.1 Å². The van der Waals surface area contributed by atoms with Crippen molar-refractivity contribution in [3.8, 4) is 0 Å². The van der Waals surface area contributed by atoms with Crippen LogP contribution in [0.25, 0.3) is 0 Å². The minimum absolute atomic E-state index is 0.0672. The summed E-state index contributed by atoms with van der Waals surface area (Å²) in [6, 6.07) is 1.69. The standard InChI is InChI=1S/C12H14FNO4S/c1-6(2)7(3)19-11-4-8(12(15)16)10(14(17)18)5-9(11)13/h4-7H,1-3H3,(H,15,16). The van der Waals surface area contributed by atoms with Gasteiger partial charge in [-0.3, -0.25) is 10.1 Å². The van der Waals surface area contributed by atoms with E-state index >= 15 is 0 Å². The molecule has 0 aliphatic rings. The van der Waals surface area contributed by atoms with Gasteiger partial charge >= 0.3 is 5.97 Å². The largest absolute Gasteiger partial charge is 0.477 e. The Bertz CT molecular complexity index is 519. The summed E-state index contributed by atoms with van der Waals surface area (Å²) in [6.07, 6.45) is 0. The van der Waals surface area contributed by atoms with Crippen LogP contribution < -0.4 is 0 Å². The van der Waals surface area contributed by atoms with Gasteiger partial charge in [-0.1, -0.05) is 20.8 Å². The Kier molecular flexibility index (Phi) is 4.88. The third kappa shape index (κ3) is 3.66. The Balaban J connectivity index is 3.25. The van der Waals surface area contributed by atoms with Gasteiger partial charge in [0.1, 0.15) is 11.4 Å². The number of nitro groups is 1. The van der Waals surface area contributed by atoms with E-state index in [0.29, 0.717) is 6.07 Å². The predicted molar refractivity (Wildman–Crippen MR) is 70.2 cm³/mol. The molecule has 19 heavy (non-hydrogen) atoms. The van der Waals surface area contributed by atoms with Crippen molar-refractivity contribution in [3.63, 3.8) is 0 Å². The smallest absolute Gasteiger partial charge is 0.342 e. The number of hydrogen-bond acceptors (Lipinski definition) is 4. The number of hydrogen-bond donors (Lipinski definition) is 1. The van der Waals surface area contributed by atoms with Gasteiger partial charge in [0.2, 0.25) is 0 Å². The number of thioether (sulfide) groups is 1. The normalized spacial score (nSPS) is 12.5.